The van der Waals surface area contributed by atoms with Gasteiger partial charge in [-0.3, -0.25) is 0 Å². The molecule has 1 atom stereocenters. The lowest BCUT2D eigenvalue weighted by molar-refractivity contribution is 0.242. The molecule has 2 aromatic carbocycles. The van der Waals surface area contributed by atoms with Gasteiger partial charge < -0.3 is 14.8 Å². The summed E-state index contributed by atoms with van der Waals surface area (Å²) in [6.07, 6.45) is 8.31. The van der Waals surface area contributed by atoms with Crippen molar-refractivity contribution in [2.75, 3.05) is 13.7 Å². The first-order chi connectivity index (χ1) is 14.2. The number of nitrogens with one attached hydrogen (secondary N) is 1. The molecule has 0 aromatic heterocycles. The summed E-state index contributed by atoms with van der Waals surface area (Å²) in [4.78, 5) is 0. The standard InChI is InChI=1S/C26H37NO2/c1-20(2)29-25-15-11-23(12-16-25)26(22-7-5-4-6-8-22)17-18-27-19-21-9-13-24(28-3)14-10-21/h9-16,20,22,26-27H,4-8,17-19H2,1-3H3/t26-/m1/s1. The third-order valence-electron chi connectivity index (χ3n) is 6.02. The molecule has 1 aliphatic carbocycles. The van der Waals surface area contributed by atoms with Gasteiger partial charge >= 0.3 is 0 Å². The zero-order valence-corrected chi connectivity index (χ0v) is 18.3. The number of ether oxygens (including phenoxy) is 2. The molecule has 0 bridgehead atoms. The molecule has 1 N–H and O–H groups in total. The maximum atomic E-state index is 5.84. The summed E-state index contributed by atoms with van der Waals surface area (Å²) in [7, 11) is 1.71. The lowest BCUT2D eigenvalue weighted by Gasteiger charge is -2.31. The minimum Gasteiger partial charge on any atom is -0.497 e. The maximum Gasteiger partial charge on any atom is 0.119 e. The van der Waals surface area contributed by atoms with E-state index in [9.17, 15) is 0 Å². The van der Waals surface area contributed by atoms with Crippen LogP contribution < -0.4 is 14.8 Å². The lowest BCUT2D eigenvalue weighted by atomic mass is 9.75. The quantitative estimate of drug-likeness (QED) is 0.477. The van der Waals surface area contributed by atoms with E-state index in [0.29, 0.717) is 5.92 Å². The van der Waals surface area contributed by atoms with E-state index in [1.807, 2.05) is 12.1 Å². The normalized spacial score (nSPS) is 16.0. The van der Waals surface area contributed by atoms with Crippen LogP contribution in [0.3, 0.4) is 0 Å². The second kappa shape index (κ2) is 11.3. The average molecular weight is 396 g/mol. The topological polar surface area (TPSA) is 30.5 Å². The van der Waals surface area contributed by atoms with Crippen LogP contribution in [0.15, 0.2) is 48.5 Å². The molecule has 1 aliphatic rings. The molecular weight excluding hydrogens is 358 g/mol. The van der Waals surface area contributed by atoms with Crippen molar-refractivity contribution < 1.29 is 9.47 Å². The second-order valence-electron chi connectivity index (χ2n) is 8.55. The molecule has 3 rings (SSSR count). The highest BCUT2D eigenvalue weighted by Crippen LogP contribution is 2.38. The SMILES string of the molecule is COc1ccc(CNCC[C@@H](c2ccc(OC(C)C)cc2)C2CCCCC2)cc1. The van der Waals surface area contributed by atoms with E-state index in [4.69, 9.17) is 9.47 Å². The summed E-state index contributed by atoms with van der Waals surface area (Å²) in [6, 6.07) is 17.2. The molecule has 2 aromatic rings. The molecule has 0 radical (unpaired) electrons. The number of benzene rings is 2. The predicted molar refractivity (Wildman–Crippen MR) is 121 cm³/mol. The van der Waals surface area contributed by atoms with Gasteiger partial charge in [-0.1, -0.05) is 43.5 Å². The van der Waals surface area contributed by atoms with Crippen LogP contribution in [0.1, 0.15) is 69.4 Å². The smallest absolute Gasteiger partial charge is 0.119 e. The van der Waals surface area contributed by atoms with Crippen LogP contribution in [0, 0.1) is 5.92 Å². The summed E-state index contributed by atoms with van der Waals surface area (Å²) in [5.74, 6) is 3.33. The molecule has 1 fully saturated rings. The monoisotopic (exact) mass is 395 g/mol. The zero-order valence-electron chi connectivity index (χ0n) is 18.3. The second-order valence-corrected chi connectivity index (χ2v) is 8.55. The zero-order chi connectivity index (χ0) is 20.5. The first kappa shape index (κ1) is 21.7. The van der Waals surface area contributed by atoms with Crippen molar-refractivity contribution in [3.05, 3.63) is 59.7 Å². The summed E-state index contributed by atoms with van der Waals surface area (Å²) >= 11 is 0. The van der Waals surface area contributed by atoms with Crippen LogP contribution in [0.5, 0.6) is 11.5 Å². The fourth-order valence-electron chi connectivity index (χ4n) is 4.51. The van der Waals surface area contributed by atoms with Crippen LogP contribution in [-0.2, 0) is 6.54 Å². The third kappa shape index (κ3) is 6.78. The Morgan fingerprint density at radius 3 is 2.17 bits per heavy atom. The van der Waals surface area contributed by atoms with Gasteiger partial charge in [-0.2, -0.15) is 0 Å². The molecule has 0 aliphatic heterocycles. The molecular formula is C26H37NO2. The molecule has 3 heteroatoms. The largest absolute Gasteiger partial charge is 0.497 e. The Hall–Kier alpha value is -2.00. The molecule has 0 heterocycles. The number of hydrogen-bond acceptors (Lipinski definition) is 3. The highest BCUT2D eigenvalue weighted by Gasteiger charge is 2.24. The first-order valence-corrected chi connectivity index (χ1v) is 11.3. The van der Waals surface area contributed by atoms with E-state index >= 15 is 0 Å². The predicted octanol–water partition coefficient (Wildman–Crippen LogP) is 6.33. The van der Waals surface area contributed by atoms with E-state index in [2.05, 4.69) is 55.6 Å². The molecule has 158 valence electrons. The first-order valence-electron chi connectivity index (χ1n) is 11.3. The summed E-state index contributed by atoms with van der Waals surface area (Å²) in [6.45, 7) is 6.10. The molecule has 29 heavy (non-hydrogen) atoms. The molecule has 1 saturated carbocycles. The fourth-order valence-corrected chi connectivity index (χ4v) is 4.51. The van der Waals surface area contributed by atoms with Crippen LogP contribution >= 0.6 is 0 Å². The van der Waals surface area contributed by atoms with Crippen molar-refractivity contribution in [2.45, 2.75) is 70.9 Å². The average Bonchev–Trinajstić information content (AvgIpc) is 2.75. The number of rotatable bonds is 10. The van der Waals surface area contributed by atoms with Gasteiger partial charge in [0, 0.05) is 6.54 Å². The summed E-state index contributed by atoms with van der Waals surface area (Å²) in [5.41, 5.74) is 2.77. The minimum atomic E-state index is 0.220. The fraction of sp³-hybridized carbons (Fsp3) is 0.538. The Labute approximate surface area is 176 Å². The van der Waals surface area contributed by atoms with E-state index < -0.39 is 0 Å². The highest BCUT2D eigenvalue weighted by molar-refractivity contribution is 5.30. The van der Waals surface area contributed by atoms with E-state index in [-0.39, 0.29) is 6.10 Å². The van der Waals surface area contributed by atoms with Gasteiger partial charge in [0.25, 0.3) is 0 Å². The van der Waals surface area contributed by atoms with Crippen LogP contribution in [0.25, 0.3) is 0 Å². The molecule has 0 unspecified atom stereocenters. The molecule has 0 amide bonds. The van der Waals surface area contributed by atoms with E-state index in [0.717, 1.165) is 30.5 Å². The van der Waals surface area contributed by atoms with Crippen LogP contribution in [-0.4, -0.2) is 19.8 Å². The Balaban J connectivity index is 1.57. The number of hydrogen-bond donors (Lipinski definition) is 1. The Kier molecular flexibility index (Phi) is 8.42. The Bertz CT molecular complexity index is 702. The van der Waals surface area contributed by atoms with Gasteiger partial charge in [0.1, 0.15) is 11.5 Å². The van der Waals surface area contributed by atoms with Gasteiger partial charge in [0.2, 0.25) is 0 Å². The Morgan fingerprint density at radius 2 is 1.55 bits per heavy atom. The summed E-state index contributed by atoms with van der Waals surface area (Å²) in [5, 5.41) is 3.65. The van der Waals surface area contributed by atoms with E-state index in [1.165, 1.54) is 49.7 Å². The van der Waals surface area contributed by atoms with Gasteiger partial charge in [0.05, 0.1) is 13.2 Å². The van der Waals surface area contributed by atoms with Crippen molar-refractivity contribution in [1.29, 1.82) is 0 Å². The third-order valence-corrected chi connectivity index (χ3v) is 6.02. The number of methoxy groups -OCH3 is 1. The molecule has 0 saturated heterocycles. The summed E-state index contributed by atoms with van der Waals surface area (Å²) < 4.78 is 11.1. The van der Waals surface area contributed by atoms with Gasteiger partial charge in [-0.25, -0.2) is 0 Å². The molecule has 0 spiro atoms. The van der Waals surface area contributed by atoms with Crippen molar-refractivity contribution in [1.82, 2.24) is 5.32 Å². The maximum absolute atomic E-state index is 5.84. The van der Waals surface area contributed by atoms with Gasteiger partial charge in [0.15, 0.2) is 0 Å². The van der Waals surface area contributed by atoms with Gasteiger partial charge in [-0.05, 0) is 86.9 Å². The van der Waals surface area contributed by atoms with Gasteiger partial charge in [-0.15, -0.1) is 0 Å². The van der Waals surface area contributed by atoms with Crippen molar-refractivity contribution in [3.8, 4) is 11.5 Å². The van der Waals surface area contributed by atoms with Crippen LogP contribution in [0.4, 0.5) is 0 Å². The van der Waals surface area contributed by atoms with E-state index in [1.54, 1.807) is 7.11 Å². The highest BCUT2D eigenvalue weighted by atomic mass is 16.5. The van der Waals surface area contributed by atoms with Crippen LogP contribution in [0.2, 0.25) is 0 Å². The van der Waals surface area contributed by atoms with Crippen molar-refractivity contribution in [3.63, 3.8) is 0 Å². The molecule has 3 nitrogen and oxygen atoms in total. The minimum absolute atomic E-state index is 0.220. The van der Waals surface area contributed by atoms with Crippen molar-refractivity contribution >= 4 is 0 Å². The Morgan fingerprint density at radius 1 is 0.897 bits per heavy atom. The lowest BCUT2D eigenvalue weighted by Crippen LogP contribution is -2.22. The van der Waals surface area contributed by atoms with Crippen molar-refractivity contribution in [2.24, 2.45) is 5.92 Å².